The first kappa shape index (κ1) is 13.4. The maximum atomic E-state index is 11.2. The van der Waals surface area contributed by atoms with E-state index in [1.807, 2.05) is 6.08 Å². The molecule has 0 N–H and O–H groups in total. The van der Waals surface area contributed by atoms with Gasteiger partial charge in [-0.2, -0.15) is 0 Å². The third-order valence-electron chi connectivity index (χ3n) is 1.92. The quantitative estimate of drug-likeness (QED) is 0.427. The second-order valence-electron chi connectivity index (χ2n) is 4.25. The van der Waals surface area contributed by atoms with Crippen molar-refractivity contribution in [1.29, 1.82) is 0 Å². The Bertz CT molecular complexity index is 172. The Morgan fingerprint density at radius 2 is 1.57 bits per heavy atom. The Balaban J connectivity index is 3.32. The molecule has 0 aliphatic carbocycles. The molecule has 0 rings (SSSR count). The molecule has 14 heavy (non-hydrogen) atoms. The van der Waals surface area contributed by atoms with Gasteiger partial charge in [-0.15, -0.1) is 0 Å². The van der Waals surface area contributed by atoms with E-state index in [9.17, 15) is 5.11 Å². The van der Waals surface area contributed by atoms with Crippen LogP contribution < -0.4 is 0 Å². The van der Waals surface area contributed by atoms with Crippen LogP contribution in [0.15, 0.2) is 24.3 Å². The summed E-state index contributed by atoms with van der Waals surface area (Å²) in [6, 6.07) is 0. The van der Waals surface area contributed by atoms with Crippen LogP contribution in [0.1, 0.15) is 52.9 Å². The fraction of sp³-hybridized carbons (Fsp3) is 0.692. The van der Waals surface area contributed by atoms with Gasteiger partial charge in [-0.05, 0) is 46.0 Å². The first-order valence-electron chi connectivity index (χ1n) is 5.56. The van der Waals surface area contributed by atoms with Gasteiger partial charge >= 0.3 is 0 Å². The van der Waals surface area contributed by atoms with Crippen molar-refractivity contribution >= 4 is 0 Å². The van der Waals surface area contributed by atoms with Crippen LogP contribution in [0.2, 0.25) is 0 Å². The molecular formula is C13H23O. The molecule has 0 amide bonds. The highest BCUT2D eigenvalue weighted by molar-refractivity contribution is 4.88. The molecule has 1 heteroatoms. The molecule has 0 unspecified atom stereocenters. The van der Waals surface area contributed by atoms with Crippen LogP contribution in [-0.4, -0.2) is 5.60 Å². The molecule has 1 radical (unpaired) electrons. The van der Waals surface area contributed by atoms with E-state index >= 15 is 0 Å². The lowest BCUT2D eigenvalue weighted by molar-refractivity contribution is 0.00707. The van der Waals surface area contributed by atoms with Crippen LogP contribution in [0.25, 0.3) is 0 Å². The zero-order chi connectivity index (χ0) is 10.9. The average molecular weight is 195 g/mol. The molecule has 0 aliphatic rings. The van der Waals surface area contributed by atoms with E-state index in [1.165, 1.54) is 6.42 Å². The highest BCUT2D eigenvalue weighted by atomic mass is 16.3. The molecule has 0 fully saturated rings. The van der Waals surface area contributed by atoms with Crippen molar-refractivity contribution in [1.82, 2.24) is 0 Å². The topological polar surface area (TPSA) is 19.9 Å². The molecule has 81 valence electrons. The molecule has 0 aromatic heterocycles. The Morgan fingerprint density at radius 3 is 2.07 bits per heavy atom. The summed E-state index contributed by atoms with van der Waals surface area (Å²) in [6.45, 7) is 5.59. The third kappa shape index (κ3) is 11.4. The Labute approximate surface area is 88.5 Å². The van der Waals surface area contributed by atoms with E-state index in [4.69, 9.17) is 0 Å². The predicted octanol–water partition coefficient (Wildman–Crippen LogP) is 4.28. The van der Waals surface area contributed by atoms with Crippen molar-refractivity contribution in [3.63, 3.8) is 0 Å². The van der Waals surface area contributed by atoms with Gasteiger partial charge in [0.1, 0.15) is 5.60 Å². The summed E-state index contributed by atoms with van der Waals surface area (Å²) in [6.07, 6.45) is 13.7. The van der Waals surface area contributed by atoms with Gasteiger partial charge in [-0.25, -0.2) is 5.11 Å². The summed E-state index contributed by atoms with van der Waals surface area (Å²) >= 11 is 0. The molecule has 0 saturated carbocycles. The van der Waals surface area contributed by atoms with Crippen LogP contribution in [0.3, 0.4) is 0 Å². The van der Waals surface area contributed by atoms with Gasteiger partial charge in [0.2, 0.25) is 0 Å². The summed E-state index contributed by atoms with van der Waals surface area (Å²) in [5, 5.41) is 11.2. The van der Waals surface area contributed by atoms with E-state index in [0.717, 1.165) is 19.3 Å². The molecular weight excluding hydrogens is 172 g/mol. The maximum absolute atomic E-state index is 11.2. The highest BCUT2D eigenvalue weighted by Gasteiger charge is 2.11. The summed E-state index contributed by atoms with van der Waals surface area (Å²) in [4.78, 5) is 0. The van der Waals surface area contributed by atoms with Gasteiger partial charge in [0.25, 0.3) is 0 Å². The van der Waals surface area contributed by atoms with E-state index in [1.54, 1.807) is 13.8 Å². The minimum atomic E-state index is -0.807. The summed E-state index contributed by atoms with van der Waals surface area (Å²) in [7, 11) is 0. The number of allylic oxidation sites excluding steroid dienone is 3. The van der Waals surface area contributed by atoms with Crippen molar-refractivity contribution in [2.45, 2.75) is 58.5 Å². The Morgan fingerprint density at radius 1 is 1.00 bits per heavy atom. The van der Waals surface area contributed by atoms with Crippen molar-refractivity contribution in [2.24, 2.45) is 0 Å². The first-order chi connectivity index (χ1) is 6.56. The first-order valence-corrected chi connectivity index (χ1v) is 5.56. The molecule has 0 heterocycles. The Hall–Kier alpha value is -0.560. The van der Waals surface area contributed by atoms with E-state index in [2.05, 4.69) is 25.2 Å². The minimum absolute atomic E-state index is 0.637. The van der Waals surface area contributed by atoms with E-state index in [0.29, 0.717) is 6.42 Å². The predicted molar refractivity (Wildman–Crippen MR) is 61.8 cm³/mol. The molecule has 0 aromatic rings. The number of hydrogen-bond donors (Lipinski definition) is 0. The average Bonchev–Trinajstić information content (AvgIpc) is 2.08. The number of rotatable bonds is 7. The number of unbranched alkanes of at least 4 members (excludes halogenated alkanes) is 2. The molecule has 0 bridgehead atoms. The van der Waals surface area contributed by atoms with E-state index < -0.39 is 5.60 Å². The van der Waals surface area contributed by atoms with Crippen LogP contribution in [-0.2, 0) is 5.11 Å². The fourth-order valence-electron chi connectivity index (χ4n) is 1.12. The third-order valence-corrected chi connectivity index (χ3v) is 1.92. The monoisotopic (exact) mass is 195 g/mol. The Kier molecular flexibility index (Phi) is 7.50. The van der Waals surface area contributed by atoms with Gasteiger partial charge in [0, 0.05) is 0 Å². The van der Waals surface area contributed by atoms with Gasteiger partial charge < -0.3 is 0 Å². The largest absolute Gasteiger partial charge is 0.230 e. The van der Waals surface area contributed by atoms with Crippen molar-refractivity contribution in [3.05, 3.63) is 24.3 Å². The fourth-order valence-corrected chi connectivity index (χ4v) is 1.12. The lowest BCUT2D eigenvalue weighted by Crippen LogP contribution is -2.14. The molecule has 0 saturated heterocycles. The SMILES string of the molecule is CCC=CCCCC=CCC(C)(C)[O]. The second kappa shape index (κ2) is 7.81. The summed E-state index contributed by atoms with van der Waals surface area (Å²) in [5.41, 5.74) is -0.807. The zero-order valence-corrected chi connectivity index (χ0v) is 9.75. The smallest absolute Gasteiger partial charge is 0.101 e. The van der Waals surface area contributed by atoms with Gasteiger partial charge in [0.05, 0.1) is 0 Å². The second-order valence-corrected chi connectivity index (χ2v) is 4.25. The molecule has 0 aliphatic heterocycles. The number of hydrogen-bond acceptors (Lipinski definition) is 0. The summed E-state index contributed by atoms with van der Waals surface area (Å²) < 4.78 is 0. The highest BCUT2D eigenvalue weighted by Crippen LogP contribution is 2.09. The summed E-state index contributed by atoms with van der Waals surface area (Å²) in [5.74, 6) is 0. The van der Waals surface area contributed by atoms with Gasteiger partial charge in [-0.3, -0.25) is 0 Å². The lowest BCUT2D eigenvalue weighted by atomic mass is 10.1. The lowest BCUT2D eigenvalue weighted by Gasteiger charge is -2.09. The van der Waals surface area contributed by atoms with E-state index in [-0.39, 0.29) is 0 Å². The van der Waals surface area contributed by atoms with Gasteiger partial charge in [-0.1, -0.05) is 31.2 Å². The van der Waals surface area contributed by atoms with Crippen LogP contribution >= 0.6 is 0 Å². The molecule has 0 spiro atoms. The molecule has 0 atom stereocenters. The van der Waals surface area contributed by atoms with Crippen molar-refractivity contribution in [3.8, 4) is 0 Å². The van der Waals surface area contributed by atoms with Crippen LogP contribution in [0, 0.1) is 0 Å². The normalized spacial score (nSPS) is 13.1. The molecule has 1 nitrogen and oxygen atoms in total. The molecule has 0 aromatic carbocycles. The van der Waals surface area contributed by atoms with Crippen LogP contribution in [0.5, 0.6) is 0 Å². The minimum Gasteiger partial charge on any atom is -0.230 e. The van der Waals surface area contributed by atoms with Crippen molar-refractivity contribution < 1.29 is 5.11 Å². The maximum Gasteiger partial charge on any atom is 0.101 e. The zero-order valence-electron chi connectivity index (χ0n) is 9.75. The van der Waals surface area contributed by atoms with Crippen LogP contribution in [0.4, 0.5) is 0 Å². The standard InChI is InChI=1S/C13H23O/c1-4-5-6-7-8-9-10-11-12-13(2,3)14/h5-6,10-11H,4,7-9,12H2,1-3H3. The van der Waals surface area contributed by atoms with Gasteiger partial charge in [0.15, 0.2) is 0 Å². The van der Waals surface area contributed by atoms with Crippen molar-refractivity contribution in [2.75, 3.05) is 0 Å².